The Labute approximate surface area is 165 Å². The smallest absolute Gasteiger partial charge is 0.133 e. The van der Waals surface area contributed by atoms with Gasteiger partial charge < -0.3 is 9.47 Å². The van der Waals surface area contributed by atoms with Gasteiger partial charge in [-0.2, -0.15) is 0 Å². The number of hydrogen-bond donors (Lipinski definition) is 0. The van der Waals surface area contributed by atoms with Crippen LogP contribution in [-0.2, 0) is 13.2 Å². The summed E-state index contributed by atoms with van der Waals surface area (Å²) in [6.45, 7) is 5.06. The fourth-order valence-electron chi connectivity index (χ4n) is 3.36. The van der Waals surface area contributed by atoms with Gasteiger partial charge in [-0.25, -0.2) is 0 Å². The zero-order valence-electron chi connectivity index (χ0n) is 16.2. The number of hydrogen-bond acceptors (Lipinski definition) is 3. The molecule has 1 aromatic heterocycles. The minimum Gasteiger partial charge on any atom is -0.489 e. The Bertz CT molecular complexity index is 1080. The van der Waals surface area contributed by atoms with Crippen molar-refractivity contribution in [1.29, 1.82) is 0 Å². The normalized spacial score (nSPS) is 10.8. The minimum absolute atomic E-state index is 0.505. The van der Waals surface area contributed by atoms with E-state index in [-0.39, 0.29) is 0 Å². The molecule has 0 radical (unpaired) electrons. The molecular weight excluding hydrogens is 346 g/mol. The van der Waals surface area contributed by atoms with Crippen LogP contribution in [0, 0.1) is 13.8 Å². The number of aromatic nitrogens is 1. The summed E-state index contributed by atoms with van der Waals surface area (Å²) in [5.74, 6) is 1.60. The SMILES string of the molecule is Cc1cc2cc(OCc3ccccc3)cc(OCc3ccccc3)c2c(C)n1. The summed E-state index contributed by atoms with van der Waals surface area (Å²) in [6, 6.07) is 26.5. The highest BCUT2D eigenvalue weighted by atomic mass is 16.5. The monoisotopic (exact) mass is 369 g/mol. The van der Waals surface area contributed by atoms with Gasteiger partial charge in [0.2, 0.25) is 0 Å². The van der Waals surface area contributed by atoms with E-state index in [4.69, 9.17) is 9.47 Å². The summed E-state index contributed by atoms with van der Waals surface area (Å²) in [7, 11) is 0. The Hall–Kier alpha value is -3.33. The first-order valence-corrected chi connectivity index (χ1v) is 9.44. The van der Waals surface area contributed by atoms with E-state index in [2.05, 4.69) is 41.4 Å². The minimum atomic E-state index is 0.505. The lowest BCUT2D eigenvalue weighted by atomic mass is 10.1. The third-order valence-electron chi connectivity index (χ3n) is 4.66. The van der Waals surface area contributed by atoms with Crippen molar-refractivity contribution in [3.8, 4) is 11.5 Å². The summed E-state index contributed by atoms with van der Waals surface area (Å²) in [6.07, 6.45) is 0. The quantitative estimate of drug-likeness (QED) is 0.417. The van der Waals surface area contributed by atoms with Crippen LogP contribution in [0.25, 0.3) is 10.8 Å². The van der Waals surface area contributed by atoms with Crippen LogP contribution in [0.4, 0.5) is 0 Å². The molecule has 0 atom stereocenters. The molecule has 3 nitrogen and oxygen atoms in total. The second-order valence-electron chi connectivity index (χ2n) is 6.92. The number of rotatable bonds is 6. The van der Waals surface area contributed by atoms with Gasteiger partial charge in [0.15, 0.2) is 0 Å². The van der Waals surface area contributed by atoms with E-state index in [9.17, 15) is 0 Å². The van der Waals surface area contributed by atoms with E-state index in [1.807, 2.05) is 56.3 Å². The molecule has 0 N–H and O–H groups in total. The van der Waals surface area contributed by atoms with Crippen LogP contribution in [0.2, 0.25) is 0 Å². The molecule has 1 heterocycles. The van der Waals surface area contributed by atoms with Gasteiger partial charge in [0, 0.05) is 22.8 Å². The van der Waals surface area contributed by atoms with Crippen LogP contribution in [0.15, 0.2) is 78.9 Å². The topological polar surface area (TPSA) is 31.4 Å². The largest absolute Gasteiger partial charge is 0.489 e. The van der Waals surface area contributed by atoms with Crippen molar-refractivity contribution >= 4 is 10.8 Å². The number of pyridine rings is 1. The van der Waals surface area contributed by atoms with E-state index >= 15 is 0 Å². The lowest BCUT2D eigenvalue weighted by Gasteiger charge is -2.15. The molecule has 140 valence electrons. The van der Waals surface area contributed by atoms with Gasteiger partial charge in [-0.05, 0) is 42.5 Å². The molecule has 0 saturated carbocycles. The number of benzene rings is 3. The van der Waals surface area contributed by atoms with E-state index < -0.39 is 0 Å². The van der Waals surface area contributed by atoms with Crippen LogP contribution in [0.5, 0.6) is 11.5 Å². The highest BCUT2D eigenvalue weighted by Gasteiger charge is 2.11. The molecule has 0 fully saturated rings. The molecule has 3 heteroatoms. The standard InChI is InChI=1S/C25H23NO2/c1-18-13-22-14-23(27-16-20-9-5-3-6-10-20)15-24(25(22)19(2)26-18)28-17-21-11-7-4-8-12-21/h3-15H,16-17H2,1-2H3. The molecule has 3 aromatic carbocycles. The molecule has 0 bridgehead atoms. The first-order chi connectivity index (χ1) is 13.7. The van der Waals surface area contributed by atoms with Crippen molar-refractivity contribution in [2.45, 2.75) is 27.1 Å². The third-order valence-corrected chi connectivity index (χ3v) is 4.66. The van der Waals surface area contributed by atoms with E-state index in [0.717, 1.165) is 44.8 Å². The van der Waals surface area contributed by atoms with Gasteiger partial charge in [-0.3, -0.25) is 4.98 Å². The van der Waals surface area contributed by atoms with Crippen LogP contribution in [-0.4, -0.2) is 4.98 Å². The zero-order valence-corrected chi connectivity index (χ0v) is 16.2. The zero-order chi connectivity index (χ0) is 19.3. The average Bonchev–Trinajstić information content (AvgIpc) is 2.71. The first-order valence-electron chi connectivity index (χ1n) is 9.44. The maximum Gasteiger partial charge on any atom is 0.133 e. The second kappa shape index (κ2) is 8.13. The Balaban J connectivity index is 1.66. The van der Waals surface area contributed by atoms with Gasteiger partial charge in [0.05, 0.1) is 0 Å². The fraction of sp³-hybridized carbons (Fsp3) is 0.160. The Morgan fingerprint density at radius 2 is 1.32 bits per heavy atom. The molecule has 0 amide bonds. The highest BCUT2D eigenvalue weighted by Crippen LogP contribution is 2.34. The molecule has 0 aliphatic heterocycles. The Morgan fingerprint density at radius 3 is 1.96 bits per heavy atom. The van der Waals surface area contributed by atoms with Crippen LogP contribution >= 0.6 is 0 Å². The number of nitrogens with zero attached hydrogens (tertiary/aromatic N) is 1. The molecule has 4 aromatic rings. The summed E-state index contributed by atoms with van der Waals surface area (Å²) >= 11 is 0. The molecular formula is C25H23NO2. The van der Waals surface area contributed by atoms with Crippen molar-refractivity contribution in [2.75, 3.05) is 0 Å². The van der Waals surface area contributed by atoms with Crippen molar-refractivity contribution in [3.05, 3.63) is 101 Å². The molecule has 0 spiro atoms. The van der Waals surface area contributed by atoms with Gasteiger partial charge in [-0.1, -0.05) is 60.7 Å². The predicted octanol–water partition coefficient (Wildman–Crippen LogP) is 6.01. The second-order valence-corrected chi connectivity index (χ2v) is 6.92. The maximum atomic E-state index is 6.20. The van der Waals surface area contributed by atoms with E-state index in [1.165, 1.54) is 0 Å². The van der Waals surface area contributed by atoms with Crippen molar-refractivity contribution in [3.63, 3.8) is 0 Å². The van der Waals surface area contributed by atoms with Crippen LogP contribution in [0.1, 0.15) is 22.5 Å². The summed E-state index contributed by atoms with van der Waals surface area (Å²) in [5.41, 5.74) is 4.22. The van der Waals surface area contributed by atoms with Crippen LogP contribution < -0.4 is 9.47 Å². The average molecular weight is 369 g/mol. The lowest BCUT2D eigenvalue weighted by molar-refractivity contribution is 0.292. The molecule has 4 rings (SSSR count). The Morgan fingerprint density at radius 1 is 0.714 bits per heavy atom. The number of ether oxygens (including phenoxy) is 2. The van der Waals surface area contributed by atoms with Gasteiger partial charge in [0.1, 0.15) is 24.7 Å². The lowest BCUT2D eigenvalue weighted by Crippen LogP contribution is -2.00. The van der Waals surface area contributed by atoms with Crippen LogP contribution in [0.3, 0.4) is 0 Å². The molecule has 0 aliphatic carbocycles. The molecule has 0 aliphatic rings. The van der Waals surface area contributed by atoms with E-state index in [0.29, 0.717) is 13.2 Å². The van der Waals surface area contributed by atoms with Gasteiger partial charge >= 0.3 is 0 Å². The van der Waals surface area contributed by atoms with E-state index in [1.54, 1.807) is 0 Å². The number of aryl methyl sites for hydroxylation is 2. The summed E-state index contributed by atoms with van der Waals surface area (Å²) in [4.78, 5) is 4.62. The first kappa shape index (κ1) is 18.1. The number of fused-ring (bicyclic) bond motifs is 1. The van der Waals surface area contributed by atoms with Gasteiger partial charge in [0.25, 0.3) is 0 Å². The highest BCUT2D eigenvalue weighted by molar-refractivity contribution is 5.92. The molecule has 0 saturated heterocycles. The van der Waals surface area contributed by atoms with Crippen molar-refractivity contribution in [2.24, 2.45) is 0 Å². The molecule has 0 unspecified atom stereocenters. The summed E-state index contributed by atoms with van der Waals surface area (Å²) < 4.78 is 12.3. The van der Waals surface area contributed by atoms with Gasteiger partial charge in [-0.15, -0.1) is 0 Å². The third kappa shape index (κ3) is 4.15. The predicted molar refractivity (Wildman–Crippen MR) is 113 cm³/mol. The molecule has 28 heavy (non-hydrogen) atoms. The van der Waals surface area contributed by atoms with Crippen molar-refractivity contribution < 1.29 is 9.47 Å². The van der Waals surface area contributed by atoms with Crippen molar-refractivity contribution in [1.82, 2.24) is 4.98 Å². The maximum absolute atomic E-state index is 6.20. The fourth-order valence-corrected chi connectivity index (χ4v) is 3.36. The Kier molecular flexibility index (Phi) is 5.24. The summed E-state index contributed by atoms with van der Waals surface area (Å²) in [5, 5.41) is 2.12.